The summed E-state index contributed by atoms with van der Waals surface area (Å²) in [6.45, 7) is 0.134. The minimum Gasteiger partial charge on any atom is -0.454 e. The molecule has 2 aromatic heterocycles. The number of Topliss-reactive ketones (excluding diaryl/α,β-unsaturated/α-hetero) is 1. The van der Waals surface area contributed by atoms with Crippen molar-refractivity contribution in [2.24, 2.45) is 0 Å². The lowest BCUT2D eigenvalue weighted by Gasteiger charge is -2.02. The zero-order valence-electron chi connectivity index (χ0n) is 16.7. The molecule has 6 nitrogen and oxygen atoms in total. The van der Waals surface area contributed by atoms with Crippen molar-refractivity contribution in [2.75, 3.05) is 6.61 Å². The number of hydrogen-bond donors (Lipinski definition) is 0. The van der Waals surface area contributed by atoms with Crippen LogP contribution in [-0.2, 0) is 16.1 Å². The molecule has 0 aliphatic rings. The number of para-hydroxylation sites is 2. The first-order valence-corrected chi connectivity index (χ1v) is 9.84. The monoisotopic (exact) mass is 409 g/mol. The lowest BCUT2D eigenvalue weighted by Crippen LogP contribution is -2.12. The van der Waals surface area contributed by atoms with E-state index in [0.29, 0.717) is 18.5 Å². The Bertz CT molecular complexity index is 1340. The van der Waals surface area contributed by atoms with Gasteiger partial charge in [-0.3, -0.25) is 9.78 Å². The van der Waals surface area contributed by atoms with E-state index in [2.05, 4.69) is 11.1 Å². The third kappa shape index (κ3) is 4.36. The summed E-state index contributed by atoms with van der Waals surface area (Å²) >= 11 is 0. The molecule has 31 heavy (non-hydrogen) atoms. The Kier molecular flexibility index (Phi) is 5.86. The number of nitriles is 1. The summed E-state index contributed by atoms with van der Waals surface area (Å²) in [6, 6.07) is 19.1. The lowest BCUT2D eigenvalue weighted by atomic mass is 10.1. The molecular weight excluding hydrogens is 390 g/mol. The standard InChI is InChI=1S/C25H19N3O3/c26-13-5-15-28-16-21(20-9-1-2-10-22(20)28)23(29)17-31-24(30)12-11-19-7-3-6-18-8-4-14-27-25(18)19/h1-4,6-12,14,16H,5,15,17H2. The van der Waals surface area contributed by atoms with Crippen LogP contribution in [0.2, 0.25) is 0 Å². The van der Waals surface area contributed by atoms with Gasteiger partial charge in [-0.25, -0.2) is 4.79 Å². The molecular formula is C25H19N3O3. The summed E-state index contributed by atoms with van der Waals surface area (Å²) in [6.07, 6.45) is 6.69. The fourth-order valence-electron chi connectivity index (χ4n) is 3.51. The highest BCUT2D eigenvalue weighted by Gasteiger charge is 2.16. The van der Waals surface area contributed by atoms with Gasteiger partial charge >= 0.3 is 5.97 Å². The zero-order valence-corrected chi connectivity index (χ0v) is 16.7. The molecule has 0 bridgehead atoms. The van der Waals surface area contributed by atoms with E-state index in [-0.39, 0.29) is 12.4 Å². The number of rotatable bonds is 7. The fourth-order valence-corrected chi connectivity index (χ4v) is 3.51. The van der Waals surface area contributed by atoms with Gasteiger partial charge in [-0.05, 0) is 18.2 Å². The van der Waals surface area contributed by atoms with Crippen LogP contribution in [0.15, 0.2) is 73.1 Å². The largest absolute Gasteiger partial charge is 0.454 e. The van der Waals surface area contributed by atoms with E-state index < -0.39 is 5.97 Å². The maximum atomic E-state index is 12.7. The van der Waals surface area contributed by atoms with Crippen LogP contribution < -0.4 is 0 Å². The van der Waals surface area contributed by atoms with E-state index in [9.17, 15) is 9.59 Å². The maximum Gasteiger partial charge on any atom is 0.331 e. The Hall–Kier alpha value is -4.24. The highest BCUT2D eigenvalue weighted by molar-refractivity contribution is 6.09. The van der Waals surface area contributed by atoms with Gasteiger partial charge in [-0.2, -0.15) is 5.26 Å². The average molecular weight is 409 g/mol. The number of nitrogens with zero attached hydrogens (tertiary/aromatic N) is 3. The molecule has 0 spiro atoms. The quantitative estimate of drug-likeness (QED) is 0.254. The van der Waals surface area contributed by atoms with Gasteiger partial charge in [0, 0.05) is 52.4 Å². The van der Waals surface area contributed by atoms with Gasteiger partial charge in [0.1, 0.15) is 0 Å². The molecule has 6 heteroatoms. The second kappa shape index (κ2) is 9.06. The molecule has 0 amide bonds. The number of carbonyl (C=O) groups is 2. The van der Waals surface area contributed by atoms with Gasteiger partial charge in [-0.1, -0.05) is 42.5 Å². The molecule has 0 atom stereocenters. The molecule has 2 aromatic carbocycles. The molecule has 0 saturated carbocycles. The fraction of sp³-hybridized carbons (Fsp3) is 0.120. The number of aromatic nitrogens is 2. The van der Waals surface area contributed by atoms with Crippen molar-refractivity contribution >= 4 is 39.6 Å². The SMILES string of the molecule is N#CCCn1cc(C(=O)COC(=O)C=Cc2cccc3cccnc23)c2ccccc21. The second-order valence-corrected chi connectivity index (χ2v) is 6.95. The number of fused-ring (bicyclic) bond motifs is 2. The van der Waals surface area contributed by atoms with Gasteiger partial charge in [0.25, 0.3) is 0 Å². The molecule has 4 aromatic rings. The van der Waals surface area contributed by atoms with Crippen molar-refractivity contribution in [3.8, 4) is 6.07 Å². The lowest BCUT2D eigenvalue weighted by molar-refractivity contribution is -0.136. The van der Waals surface area contributed by atoms with Gasteiger partial charge in [0.15, 0.2) is 6.61 Å². The second-order valence-electron chi connectivity index (χ2n) is 6.95. The Balaban J connectivity index is 1.46. The molecule has 0 aliphatic carbocycles. The molecule has 0 fully saturated rings. The maximum absolute atomic E-state index is 12.7. The van der Waals surface area contributed by atoms with E-state index >= 15 is 0 Å². The Morgan fingerprint density at radius 3 is 2.81 bits per heavy atom. The first-order chi connectivity index (χ1) is 15.2. The summed E-state index contributed by atoms with van der Waals surface area (Å²) in [5, 5.41) is 10.6. The van der Waals surface area contributed by atoms with E-state index in [1.165, 1.54) is 6.08 Å². The first-order valence-electron chi connectivity index (χ1n) is 9.84. The Morgan fingerprint density at radius 1 is 1.10 bits per heavy atom. The summed E-state index contributed by atoms with van der Waals surface area (Å²) < 4.78 is 7.05. The van der Waals surface area contributed by atoms with Crippen molar-refractivity contribution in [3.63, 3.8) is 0 Å². The van der Waals surface area contributed by atoms with E-state index in [1.54, 1.807) is 18.5 Å². The van der Waals surface area contributed by atoms with Gasteiger partial charge < -0.3 is 9.30 Å². The number of carbonyl (C=O) groups excluding carboxylic acids is 2. The number of benzene rings is 2. The van der Waals surface area contributed by atoms with E-state index in [0.717, 1.165) is 27.4 Å². The van der Waals surface area contributed by atoms with E-state index in [4.69, 9.17) is 10.00 Å². The number of ether oxygens (including phenoxy) is 1. The number of esters is 1. The minimum absolute atomic E-state index is 0.291. The highest BCUT2D eigenvalue weighted by atomic mass is 16.5. The number of ketones is 1. The van der Waals surface area contributed by atoms with Gasteiger partial charge in [0.05, 0.1) is 18.0 Å². The molecule has 0 N–H and O–H groups in total. The number of pyridine rings is 1. The summed E-state index contributed by atoms with van der Waals surface area (Å²) in [5.74, 6) is -0.894. The van der Waals surface area contributed by atoms with Crippen LogP contribution in [0.4, 0.5) is 0 Å². The molecule has 152 valence electrons. The van der Waals surface area contributed by atoms with Crippen molar-refractivity contribution in [1.29, 1.82) is 5.26 Å². The van der Waals surface area contributed by atoms with Crippen LogP contribution >= 0.6 is 0 Å². The van der Waals surface area contributed by atoms with Crippen LogP contribution in [0.3, 0.4) is 0 Å². The van der Waals surface area contributed by atoms with Crippen molar-refractivity contribution in [1.82, 2.24) is 9.55 Å². The van der Waals surface area contributed by atoms with Crippen LogP contribution in [0, 0.1) is 11.3 Å². The smallest absolute Gasteiger partial charge is 0.331 e. The van der Waals surface area contributed by atoms with Crippen LogP contribution in [0.25, 0.3) is 27.9 Å². The predicted octanol–water partition coefficient (Wildman–Crippen LogP) is 4.54. The predicted molar refractivity (Wildman–Crippen MR) is 118 cm³/mol. The molecule has 4 rings (SSSR count). The van der Waals surface area contributed by atoms with Crippen LogP contribution in [-0.4, -0.2) is 27.9 Å². The topological polar surface area (TPSA) is 85.0 Å². The summed E-state index contributed by atoms with van der Waals surface area (Å²) in [7, 11) is 0. The van der Waals surface area contributed by atoms with Crippen molar-refractivity contribution in [3.05, 3.63) is 84.2 Å². The third-order valence-electron chi connectivity index (χ3n) is 4.96. The highest BCUT2D eigenvalue weighted by Crippen LogP contribution is 2.22. The molecule has 0 unspecified atom stereocenters. The normalized spacial score (nSPS) is 11.1. The number of aryl methyl sites for hydroxylation is 1. The summed E-state index contributed by atoms with van der Waals surface area (Å²) in [5.41, 5.74) is 2.93. The van der Waals surface area contributed by atoms with Crippen LogP contribution in [0.5, 0.6) is 0 Å². The average Bonchev–Trinajstić information content (AvgIpc) is 3.18. The molecule has 0 radical (unpaired) electrons. The first kappa shape index (κ1) is 20.0. The Morgan fingerprint density at radius 2 is 1.94 bits per heavy atom. The van der Waals surface area contributed by atoms with Gasteiger partial charge in [-0.15, -0.1) is 0 Å². The number of hydrogen-bond acceptors (Lipinski definition) is 5. The van der Waals surface area contributed by atoms with Crippen molar-refractivity contribution < 1.29 is 14.3 Å². The Labute approximate surface area is 179 Å². The summed E-state index contributed by atoms with van der Waals surface area (Å²) in [4.78, 5) is 29.2. The zero-order chi connectivity index (χ0) is 21.6. The third-order valence-corrected chi connectivity index (χ3v) is 4.96. The van der Waals surface area contributed by atoms with Crippen LogP contribution in [0.1, 0.15) is 22.3 Å². The molecule has 0 aliphatic heterocycles. The minimum atomic E-state index is -0.602. The van der Waals surface area contributed by atoms with E-state index in [1.807, 2.05) is 59.2 Å². The van der Waals surface area contributed by atoms with Crippen molar-refractivity contribution in [2.45, 2.75) is 13.0 Å². The van der Waals surface area contributed by atoms with Gasteiger partial charge in [0.2, 0.25) is 5.78 Å². The molecule has 0 saturated heterocycles. The molecule has 2 heterocycles.